The lowest BCUT2D eigenvalue weighted by atomic mass is 9.75. The molecule has 0 aromatic heterocycles. The Labute approximate surface area is 120 Å². The molecule has 3 atom stereocenters. The summed E-state index contributed by atoms with van der Waals surface area (Å²) >= 11 is 1.68. The average Bonchev–Trinajstić information content (AvgIpc) is 2.45. The minimum Gasteiger partial charge on any atom is -0.327 e. The Hall–Kier alpha value is -0.540. The second-order valence-corrected chi connectivity index (χ2v) is 6.64. The van der Waals surface area contributed by atoms with E-state index in [1.807, 2.05) is 6.07 Å². The smallest absolute Gasteiger partial charge is 0.124 e. The Kier molecular flexibility index (Phi) is 5.71. The molecule has 1 fully saturated rings. The minimum atomic E-state index is -0.164. The molecule has 1 aliphatic carbocycles. The van der Waals surface area contributed by atoms with Crippen molar-refractivity contribution in [3.63, 3.8) is 0 Å². The number of hydrogen-bond acceptors (Lipinski definition) is 2. The van der Waals surface area contributed by atoms with Gasteiger partial charge in [0.25, 0.3) is 0 Å². The topological polar surface area (TPSA) is 26.0 Å². The zero-order chi connectivity index (χ0) is 13.7. The largest absolute Gasteiger partial charge is 0.327 e. The van der Waals surface area contributed by atoms with E-state index in [0.29, 0.717) is 5.92 Å². The van der Waals surface area contributed by atoms with E-state index in [1.54, 1.807) is 23.9 Å². The SMILES string of the molecule is CCC1CCCCC1C(N)CSc1cccc(F)c1. The van der Waals surface area contributed by atoms with Crippen molar-refractivity contribution in [2.75, 3.05) is 5.75 Å². The molecule has 0 heterocycles. The minimum absolute atomic E-state index is 0.164. The van der Waals surface area contributed by atoms with Crippen molar-refractivity contribution in [1.82, 2.24) is 0 Å². The Balaban J connectivity index is 1.87. The van der Waals surface area contributed by atoms with Crippen LogP contribution < -0.4 is 5.73 Å². The van der Waals surface area contributed by atoms with E-state index in [9.17, 15) is 4.39 Å². The summed E-state index contributed by atoms with van der Waals surface area (Å²) in [6.07, 6.45) is 6.52. The quantitative estimate of drug-likeness (QED) is 0.806. The zero-order valence-electron chi connectivity index (χ0n) is 11.6. The third-order valence-electron chi connectivity index (χ3n) is 4.28. The van der Waals surface area contributed by atoms with Crippen molar-refractivity contribution < 1.29 is 4.39 Å². The lowest BCUT2D eigenvalue weighted by Gasteiger charge is -2.35. The van der Waals surface area contributed by atoms with Gasteiger partial charge in [0.1, 0.15) is 5.82 Å². The van der Waals surface area contributed by atoms with E-state index in [-0.39, 0.29) is 11.9 Å². The molecule has 0 saturated heterocycles. The second kappa shape index (κ2) is 7.30. The van der Waals surface area contributed by atoms with Gasteiger partial charge in [0.15, 0.2) is 0 Å². The highest BCUT2D eigenvalue weighted by Crippen LogP contribution is 2.35. The molecule has 1 nitrogen and oxygen atoms in total. The normalized spacial score (nSPS) is 25.2. The lowest BCUT2D eigenvalue weighted by molar-refractivity contribution is 0.205. The summed E-state index contributed by atoms with van der Waals surface area (Å²) in [5.41, 5.74) is 6.39. The second-order valence-electron chi connectivity index (χ2n) is 5.55. The monoisotopic (exact) mass is 281 g/mol. The van der Waals surface area contributed by atoms with Crippen LogP contribution in [0.3, 0.4) is 0 Å². The van der Waals surface area contributed by atoms with E-state index in [2.05, 4.69) is 6.92 Å². The van der Waals surface area contributed by atoms with Gasteiger partial charge in [-0.1, -0.05) is 38.7 Å². The van der Waals surface area contributed by atoms with Crippen LogP contribution in [0.5, 0.6) is 0 Å². The first kappa shape index (κ1) is 14.9. The molecule has 1 saturated carbocycles. The zero-order valence-corrected chi connectivity index (χ0v) is 12.5. The third kappa shape index (κ3) is 4.22. The molecule has 106 valence electrons. The predicted molar refractivity (Wildman–Crippen MR) is 80.8 cm³/mol. The van der Waals surface area contributed by atoms with Crippen molar-refractivity contribution in [3.8, 4) is 0 Å². The fourth-order valence-electron chi connectivity index (χ4n) is 3.18. The first-order chi connectivity index (χ1) is 9.20. The third-order valence-corrected chi connectivity index (χ3v) is 5.42. The maximum atomic E-state index is 13.1. The van der Waals surface area contributed by atoms with Crippen LogP contribution in [0.15, 0.2) is 29.2 Å². The molecule has 0 aliphatic heterocycles. The number of rotatable bonds is 5. The molecule has 2 N–H and O–H groups in total. The number of halogens is 1. The van der Waals surface area contributed by atoms with Gasteiger partial charge in [0.05, 0.1) is 0 Å². The molecule has 1 aromatic rings. The summed E-state index contributed by atoms with van der Waals surface area (Å²) in [6.45, 7) is 2.27. The van der Waals surface area contributed by atoms with E-state index >= 15 is 0 Å². The number of nitrogens with two attached hydrogens (primary N) is 1. The molecular formula is C16H24FNS. The molecule has 2 rings (SSSR count). The van der Waals surface area contributed by atoms with Crippen LogP contribution in [0.1, 0.15) is 39.0 Å². The van der Waals surface area contributed by atoms with E-state index < -0.39 is 0 Å². The van der Waals surface area contributed by atoms with Crippen LogP contribution in [-0.2, 0) is 0 Å². The van der Waals surface area contributed by atoms with Crippen LogP contribution in [0.2, 0.25) is 0 Å². The van der Waals surface area contributed by atoms with Gasteiger partial charge in [-0.15, -0.1) is 11.8 Å². The van der Waals surface area contributed by atoms with E-state index in [1.165, 1.54) is 38.2 Å². The van der Waals surface area contributed by atoms with Gasteiger partial charge in [-0.3, -0.25) is 0 Å². The Morgan fingerprint density at radius 1 is 1.37 bits per heavy atom. The Bertz CT molecular complexity index is 396. The summed E-state index contributed by atoms with van der Waals surface area (Å²) < 4.78 is 13.1. The number of benzene rings is 1. The summed E-state index contributed by atoms with van der Waals surface area (Å²) in [6, 6.07) is 7.03. The van der Waals surface area contributed by atoms with Crippen LogP contribution in [0, 0.1) is 17.7 Å². The molecule has 0 bridgehead atoms. The highest BCUT2D eigenvalue weighted by atomic mass is 32.2. The molecule has 3 heteroatoms. The van der Waals surface area contributed by atoms with Gasteiger partial charge < -0.3 is 5.73 Å². The van der Waals surface area contributed by atoms with Gasteiger partial charge in [-0.25, -0.2) is 4.39 Å². The maximum absolute atomic E-state index is 13.1. The molecule has 3 unspecified atom stereocenters. The standard InChI is InChI=1S/C16H24FNS/c1-2-12-6-3-4-9-15(12)16(18)11-19-14-8-5-7-13(17)10-14/h5,7-8,10,12,15-16H,2-4,6,9,11,18H2,1H3. The summed E-state index contributed by atoms with van der Waals surface area (Å²) in [7, 11) is 0. The van der Waals surface area contributed by atoms with Gasteiger partial charge in [0.2, 0.25) is 0 Å². The first-order valence-corrected chi connectivity index (χ1v) is 8.33. The number of hydrogen-bond donors (Lipinski definition) is 1. The highest BCUT2D eigenvalue weighted by molar-refractivity contribution is 7.99. The highest BCUT2D eigenvalue weighted by Gasteiger charge is 2.28. The molecule has 1 aromatic carbocycles. The molecular weight excluding hydrogens is 257 g/mol. The lowest BCUT2D eigenvalue weighted by Crippen LogP contribution is -2.38. The fourth-order valence-corrected chi connectivity index (χ4v) is 4.18. The van der Waals surface area contributed by atoms with Gasteiger partial charge in [-0.2, -0.15) is 0 Å². The number of thioether (sulfide) groups is 1. The molecule has 0 radical (unpaired) electrons. The molecule has 1 aliphatic rings. The van der Waals surface area contributed by atoms with Crippen molar-refractivity contribution in [1.29, 1.82) is 0 Å². The van der Waals surface area contributed by atoms with Gasteiger partial charge in [-0.05, 0) is 36.5 Å². The first-order valence-electron chi connectivity index (χ1n) is 7.34. The summed E-state index contributed by atoms with van der Waals surface area (Å²) in [4.78, 5) is 0.985. The van der Waals surface area contributed by atoms with Crippen LogP contribution in [0.4, 0.5) is 4.39 Å². The van der Waals surface area contributed by atoms with Crippen molar-refractivity contribution in [2.45, 2.75) is 50.0 Å². The van der Waals surface area contributed by atoms with Crippen molar-refractivity contribution >= 4 is 11.8 Å². The Morgan fingerprint density at radius 3 is 2.89 bits per heavy atom. The Morgan fingerprint density at radius 2 is 2.16 bits per heavy atom. The molecule has 0 spiro atoms. The van der Waals surface area contributed by atoms with E-state index in [0.717, 1.165) is 16.6 Å². The molecule has 0 amide bonds. The average molecular weight is 281 g/mol. The fraction of sp³-hybridized carbons (Fsp3) is 0.625. The molecule has 19 heavy (non-hydrogen) atoms. The van der Waals surface area contributed by atoms with Crippen molar-refractivity contribution in [3.05, 3.63) is 30.1 Å². The summed E-state index contributed by atoms with van der Waals surface area (Å²) in [5, 5.41) is 0. The van der Waals surface area contributed by atoms with Crippen LogP contribution in [0.25, 0.3) is 0 Å². The summed E-state index contributed by atoms with van der Waals surface area (Å²) in [5.74, 6) is 2.17. The van der Waals surface area contributed by atoms with Crippen molar-refractivity contribution in [2.24, 2.45) is 17.6 Å². The van der Waals surface area contributed by atoms with Gasteiger partial charge >= 0.3 is 0 Å². The predicted octanol–water partition coefficient (Wildman–Crippen LogP) is 4.46. The van der Waals surface area contributed by atoms with Crippen LogP contribution >= 0.6 is 11.8 Å². The van der Waals surface area contributed by atoms with Crippen LogP contribution in [-0.4, -0.2) is 11.8 Å². The van der Waals surface area contributed by atoms with Gasteiger partial charge in [0, 0.05) is 16.7 Å². The van der Waals surface area contributed by atoms with E-state index in [4.69, 9.17) is 5.73 Å². The maximum Gasteiger partial charge on any atom is 0.124 e.